The fraction of sp³-hybridized carbons (Fsp3) is 0.286. The van der Waals surface area contributed by atoms with Gasteiger partial charge in [-0.25, -0.2) is 4.79 Å². The Balaban J connectivity index is 1.84. The van der Waals surface area contributed by atoms with Crippen molar-refractivity contribution in [3.8, 4) is 0 Å². The molecule has 0 aliphatic carbocycles. The number of aromatic carboxylic acids is 1. The second-order valence-corrected chi connectivity index (χ2v) is 4.75. The number of hydrogen-bond donors (Lipinski definition) is 1. The summed E-state index contributed by atoms with van der Waals surface area (Å²) in [7, 11) is 1.66. The number of rotatable bonds is 3. The third kappa shape index (κ3) is 2.07. The molecule has 0 amide bonds. The first-order valence-corrected chi connectivity index (χ1v) is 6.24. The number of aromatic nitrogens is 2. The van der Waals surface area contributed by atoms with Gasteiger partial charge in [0.25, 0.3) is 0 Å². The molecule has 1 N–H and O–H groups in total. The molecule has 5 heteroatoms. The molecule has 3 rings (SSSR count). The molecule has 0 saturated heterocycles. The number of benzene rings is 1. The molecular weight excluding hydrogens is 242 g/mol. The molecule has 0 radical (unpaired) electrons. The SMILES string of the molecule is Cn1nc(CN2CCc3ccccc32)cc1C(=O)O. The number of para-hydroxylation sites is 1. The van der Waals surface area contributed by atoms with Crippen molar-refractivity contribution in [1.29, 1.82) is 0 Å². The summed E-state index contributed by atoms with van der Waals surface area (Å²) in [6, 6.07) is 9.95. The first-order valence-electron chi connectivity index (χ1n) is 6.24. The van der Waals surface area contributed by atoms with Gasteiger partial charge in [0.2, 0.25) is 0 Å². The van der Waals surface area contributed by atoms with Gasteiger partial charge >= 0.3 is 5.97 Å². The molecule has 0 spiro atoms. The normalized spacial score (nSPS) is 13.6. The second kappa shape index (κ2) is 4.42. The summed E-state index contributed by atoms with van der Waals surface area (Å²) in [5, 5.41) is 13.3. The Morgan fingerprint density at radius 2 is 2.21 bits per heavy atom. The average Bonchev–Trinajstić information content (AvgIpc) is 2.95. The highest BCUT2D eigenvalue weighted by Gasteiger charge is 2.20. The van der Waals surface area contributed by atoms with Gasteiger partial charge in [0, 0.05) is 19.3 Å². The van der Waals surface area contributed by atoms with Crippen LogP contribution in [-0.2, 0) is 20.0 Å². The zero-order chi connectivity index (χ0) is 13.4. The molecule has 0 saturated carbocycles. The Hall–Kier alpha value is -2.30. The molecule has 0 atom stereocenters. The van der Waals surface area contributed by atoms with E-state index in [2.05, 4.69) is 22.1 Å². The van der Waals surface area contributed by atoms with Crippen molar-refractivity contribution in [3.05, 3.63) is 47.3 Å². The van der Waals surface area contributed by atoms with Crippen LogP contribution in [0.5, 0.6) is 0 Å². The van der Waals surface area contributed by atoms with Crippen LogP contribution in [0, 0.1) is 0 Å². The zero-order valence-corrected chi connectivity index (χ0v) is 10.7. The van der Waals surface area contributed by atoms with Gasteiger partial charge in [-0.3, -0.25) is 4.68 Å². The van der Waals surface area contributed by atoms with Gasteiger partial charge in [-0.05, 0) is 24.1 Å². The predicted molar refractivity (Wildman–Crippen MR) is 71.4 cm³/mol. The number of carboxylic acid groups (broad SMARTS) is 1. The van der Waals surface area contributed by atoms with E-state index in [9.17, 15) is 4.79 Å². The van der Waals surface area contributed by atoms with Crippen molar-refractivity contribution in [3.63, 3.8) is 0 Å². The Morgan fingerprint density at radius 1 is 1.42 bits per heavy atom. The molecule has 0 fully saturated rings. The summed E-state index contributed by atoms with van der Waals surface area (Å²) in [4.78, 5) is 13.2. The van der Waals surface area contributed by atoms with Gasteiger partial charge in [-0.15, -0.1) is 0 Å². The van der Waals surface area contributed by atoms with E-state index in [1.807, 2.05) is 12.1 Å². The number of carboxylic acids is 1. The van der Waals surface area contributed by atoms with E-state index < -0.39 is 5.97 Å². The van der Waals surface area contributed by atoms with E-state index in [0.29, 0.717) is 6.54 Å². The van der Waals surface area contributed by atoms with Crippen LogP contribution in [-0.4, -0.2) is 27.4 Å². The van der Waals surface area contributed by atoms with E-state index in [1.165, 1.54) is 15.9 Å². The maximum atomic E-state index is 11.0. The van der Waals surface area contributed by atoms with Crippen molar-refractivity contribution in [2.24, 2.45) is 7.05 Å². The minimum atomic E-state index is -0.942. The van der Waals surface area contributed by atoms with Crippen LogP contribution in [0.1, 0.15) is 21.7 Å². The van der Waals surface area contributed by atoms with E-state index in [4.69, 9.17) is 5.11 Å². The average molecular weight is 257 g/mol. The number of nitrogens with zero attached hydrogens (tertiary/aromatic N) is 3. The third-order valence-electron chi connectivity index (χ3n) is 3.49. The third-order valence-corrected chi connectivity index (χ3v) is 3.49. The Labute approximate surface area is 111 Å². The molecule has 0 unspecified atom stereocenters. The van der Waals surface area contributed by atoms with E-state index in [-0.39, 0.29) is 5.69 Å². The van der Waals surface area contributed by atoms with Crippen molar-refractivity contribution in [2.45, 2.75) is 13.0 Å². The lowest BCUT2D eigenvalue weighted by atomic mass is 10.2. The molecule has 5 nitrogen and oxygen atoms in total. The van der Waals surface area contributed by atoms with Crippen LogP contribution in [0.3, 0.4) is 0 Å². The zero-order valence-electron chi connectivity index (χ0n) is 10.7. The van der Waals surface area contributed by atoms with Gasteiger partial charge in [0.15, 0.2) is 0 Å². The minimum absolute atomic E-state index is 0.225. The Kier molecular flexibility index (Phi) is 2.74. The van der Waals surface area contributed by atoms with Gasteiger partial charge in [-0.1, -0.05) is 18.2 Å². The molecule has 1 aliphatic heterocycles. The molecular formula is C14H15N3O2. The summed E-state index contributed by atoms with van der Waals surface area (Å²) in [6.45, 7) is 1.61. The van der Waals surface area contributed by atoms with Gasteiger partial charge in [-0.2, -0.15) is 5.10 Å². The molecule has 0 bridgehead atoms. The quantitative estimate of drug-likeness (QED) is 0.909. The van der Waals surface area contributed by atoms with Gasteiger partial charge < -0.3 is 10.0 Å². The number of fused-ring (bicyclic) bond motifs is 1. The van der Waals surface area contributed by atoms with Crippen LogP contribution in [0.2, 0.25) is 0 Å². The molecule has 1 aromatic heterocycles. The molecule has 19 heavy (non-hydrogen) atoms. The first kappa shape index (κ1) is 11.8. The van der Waals surface area contributed by atoms with Crippen LogP contribution in [0.15, 0.2) is 30.3 Å². The standard InChI is InChI=1S/C14H15N3O2/c1-16-13(14(18)19)8-11(15-16)9-17-7-6-10-4-2-3-5-12(10)17/h2-5,8H,6-7,9H2,1H3,(H,18,19). The summed E-state index contributed by atoms with van der Waals surface area (Å²) in [6.07, 6.45) is 1.04. The largest absolute Gasteiger partial charge is 0.477 e. The molecule has 1 aliphatic rings. The summed E-state index contributed by atoms with van der Waals surface area (Å²) in [5.74, 6) is -0.942. The van der Waals surface area contributed by atoms with E-state index in [0.717, 1.165) is 18.7 Å². The van der Waals surface area contributed by atoms with Crippen molar-refractivity contribution in [1.82, 2.24) is 9.78 Å². The lowest BCUT2D eigenvalue weighted by Gasteiger charge is -2.17. The fourth-order valence-corrected chi connectivity index (χ4v) is 2.57. The molecule has 2 heterocycles. The summed E-state index contributed by atoms with van der Waals surface area (Å²) < 4.78 is 1.42. The Morgan fingerprint density at radius 3 is 2.95 bits per heavy atom. The van der Waals surface area contributed by atoms with Crippen LogP contribution >= 0.6 is 0 Å². The smallest absolute Gasteiger partial charge is 0.354 e. The van der Waals surface area contributed by atoms with Crippen molar-refractivity contribution < 1.29 is 9.90 Å². The van der Waals surface area contributed by atoms with Gasteiger partial charge in [0.1, 0.15) is 5.69 Å². The molecule has 98 valence electrons. The number of hydrogen-bond acceptors (Lipinski definition) is 3. The van der Waals surface area contributed by atoms with Crippen molar-refractivity contribution >= 4 is 11.7 Å². The van der Waals surface area contributed by atoms with Crippen LogP contribution < -0.4 is 4.90 Å². The van der Waals surface area contributed by atoms with Gasteiger partial charge in [0.05, 0.1) is 12.2 Å². The minimum Gasteiger partial charge on any atom is -0.477 e. The maximum Gasteiger partial charge on any atom is 0.354 e. The maximum absolute atomic E-state index is 11.0. The number of aryl methyl sites for hydroxylation is 1. The second-order valence-electron chi connectivity index (χ2n) is 4.75. The topological polar surface area (TPSA) is 58.4 Å². The Bertz CT molecular complexity index is 633. The highest BCUT2D eigenvalue weighted by atomic mass is 16.4. The highest BCUT2D eigenvalue weighted by molar-refractivity contribution is 5.85. The number of anilines is 1. The van der Waals surface area contributed by atoms with E-state index >= 15 is 0 Å². The summed E-state index contributed by atoms with van der Waals surface area (Å²) >= 11 is 0. The first-order chi connectivity index (χ1) is 9.15. The summed E-state index contributed by atoms with van der Waals surface area (Å²) in [5.41, 5.74) is 3.58. The predicted octanol–water partition coefficient (Wildman–Crippen LogP) is 1.68. The monoisotopic (exact) mass is 257 g/mol. The van der Waals surface area contributed by atoms with Crippen LogP contribution in [0.4, 0.5) is 5.69 Å². The molecule has 2 aromatic rings. The number of carbonyl (C=O) groups is 1. The lowest BCUT2D eigenvalue weighted by Crippen LogP contribution is -2.20. The van der Waals surface area contributed by atoms with Crippen molar-refractivity contribution in [2.75, 3.05) is 11.4 Å². The van der Waals surface area contributed by atoms with E-state index in [1.54, 1.807) is 13.1 Å². The van der Waals surface area contributed by atoms with Crippen LogP contribution in [0.25, 0.3) is 0 Å². The lowest BCUT2D eigenvalue weighted by molar-refractivity contribution is 0.0685. The highest BCUT2D eigenvalue weighted by Crippen LogP contribution is 2.28. The molecule has 1 aromatic carbocycles. The fourth-order valence-electron chi connectivity index (χ4n) is 2.57.